The molecule has 1 atom stereocenters. The van der Waals surface area contributed by atoms with Crippen LogP contribution in [0, 0.1) is 6.92 Å². The molecule has 4 aromatic rings. The topological polar surface area (TPSA) is 55.2 Å². The van der Waals surface area contributed by atoms with Crippen molar-refractivity contribution in [3.05, 3.63) is 106 Å². The summed E-state index contributed by atoms with van der Waals surface area (Å²) in [4.78, 5) is 34.2. The highest BCUT2D eigenvalue weighted by Gasteiger charge is 2.27. The monoisotopic (exact) mass is 467 g/mol. The first kappa shape index (κ1) is 24.4. The van der Waals surface area contributed by atoms with E-state index in [-0.39, 0.29) is 11.5 Å². The van der Waals surface area contributed by atoms with Crippen molar-refractivity contribution < 1.29 is 4.79 Å². The molecule has 1 aromatic heterocycles. The predicted molar refractivity (Wildman–Crippen MR) is 142 cm³/mol. The lowest BCUT2D eigenvalue weighted by Gasteiger charge is -2.31. The van der Waals surface area contributed by atoms with Crippen molar-refractivity contribution in [3.63, 3.8) is 0 Å². The number of fused-ring (bicyclic) bond motifs is 1. The molecule has 5 heteroatoms. The Morgan fingerprint density at radius 3 is 2.31 bits per heavy atom. The highest BCUT2D eigenvalue weighted by molar-refractivity contribution is 5.94. The Bertz CT molecular complexity index is 1340. The van der Waals surface area contributed by atoms with Crippen LogP contribution in [0.15, 0.2) is 83.7 Å². The second-order valence-electron chi connectivity index (χ2n) is 9.06. The van der Waals surface area contributed by atoms with Gasteiger partial charge in [-0.1, -0.05) is 74.2 Å². The Morgan fingerprint density at radius 1 is 0.914 bits per heavy atom. The fourth-order valence-electron chi connectivity index (χ4n) is 4.44. The molecule has 0 aliphatic rings. The minimum Gasteiger partial charge on any atom is -0.329 e. The molecule has 3 aromatic carbocycles. The lowest BCUT2D eigenvalue weighted by molar-refractivity contribution is 0.0677. The minimum atomic E-state index is -0.400. The minimum absolute atomic E-state index is 0.0454. The average molecular weight is 468 g/mol. The predicted octanol–water partition coefficient (Wildman–Crippen LogP) is 6.48. The number of benzene rings is 3. The molecule has 0 spiro atoms. The van der Waals surface area contributed by atoms with Crippen molar-refractivity contribution in [3.8, 4) is 5.69 Å². The highest BCUT2D eigenvalue weighted by atomic mass is 16.2. The molecular formula is C30H33N3O2. The summed E-state index contributed by atoms with van der Waals surface area (Å²) >= 11 is 0. The van der Waals surface area contributed by atoms with Crippen LogP contribution in [0.4, 0.5) is 0 Å². The summed E-state index contributed by atoms with van der Waals surface area (Å²) in [5, 5.41) is 0.562. The first-order valence-corrected chi connectivity index (χ1v) is 12.5. The van der Waals surface area contributed by atoms with E-state index in [4.69, 9.17) is 4.98 Å². The van der Waals surface area contributed by atoms with Crippen LogP contribution in [0.1, 0.15) is 67.3 Å². The van der Waals surface area contributed by atoms with Gasteiger partial charge < -0.3 is 4.90 Å². The smallest absolute Gasteiger partial charge is 0.266 e. The Labute approximate surface area is 207 Å². The third kappa shape index (κ3) is 5.35. The summed E-state index contributed by atoms with van der Waals surface area (Å²) in [7, 11) is 0. The van der Waals surface area contributed by atoms with Crippen molar-refractivity contribution >= 4 is 16.8 Å². The maximum Gasteiger partial charge on any atom is 0.266 e. The van der Waals surface area contributed by atoms with E-state index in [1.807, 2.05) is 91.5 Å². The molecule has 0 fully saturated rings. The first-order valence-electron chi connectivity index (χ1n) is 12.5. The van der Waals surface area contributed by atoms with Crippen molar-refractivity contribution in [2.24, 2.45) is 0 Å². The maximum absolute atomic E-state index is 13.7. The normalized spacial score (nSPS) is 12.0. The van der Waals surface area contributed by atoms with Gasteiger partial charge in [0.1, 0.15) is 5.82 Å². The zero-order chi connectivity index (χ0) is 24.8. The summed E-state index contributed by atoms with van der Waals surface area (Å²) in [5.41, 5.74) is 3.01. The van der Waals surface area contributed by atoms with Crippen LogP contribution in [0.25, 0.3) is 16.6 Å². The first-order chi connectivity index (χ1) is 17.0. The Balaban J connectivity index is 1.83. The van der Waals surface area contributed by atoms with E-state index in [1.165, 1.54) is 0 Å². The van der Waals surface area contributed by atoms with Gasteiger partial charge in [-0.3, -0.25) is 14.2 Å². The molecule has 1 heterocycles. The second kappa shape index (κ2) is 11.1. The number of carbonyl (C=O) groups excluding carboxylic acids is 1. The second-order valence-corrected chi connectivity index (χ2v) is 9.06. The van der Waals surface area contributed by atoms with Gasteiger partial charge in [0.15, 0.2) is 0 Å². The van der Waals surface area contributed by atoms with Gasteiger partial charge in [0.25, 0.3) is 11.5 Å². The molecule has 0 aliphatic carbocycles. The Kier molecular flexibility index (Phi) is 7.76. The summed E-state index contributed by atoms with van der Waals surface area (Å²) in [5.74, 6) is 0.520. The molecule has 0 aliphatic heterocycles. The molecule has 35 heavy (non-hydrogen) atoms. The molecule has 0 N–H and O–H groups in total. The SMILES string of the molecule is CCCCCCN(C(=O)c1ccc(C)cc1)C(C)c1nc2ccccc2c(=O)n1-c1ccccc1. The number of aryl methyl sites for hydroxylation is 1. The summed E-state index contributed by atoms with van der Waals surface area (Å²) < 4.78 is 1.66. The lowest BCUT2D eigenvalue weighted by atomic mass is 10.1. The number of nitrogens with zero attached hydrogens (tertiary/aromatic N) is 3. The van der Waals surface area contributed by atoms with Gasteiger partial charge in [-0.15, -0.1) is 0 Å². The average Bonchev–Trinajstić information content (AvgIpc) is 2.89. The molecule has 5 nitrogen and oxygen atoms in total. The highest BCUT2D eigenvalue weighted by Crippen LogP contribution is 2.25. The maximum atomic E-state index is 13.7. The third-order valence-electron chi connectivity index (χ3n) is 6.47. The van der Waals surface area contributed by atoms with Crippen LogP contribution in [-0.2, 0) is 0 Å². The van der Waals surface area contributed by atoms with Gasteiger partial charge in [0, 0.05) is 12.1 Å². The molecule has 180 valence electrons. The van der Waals surface area contributed by atoms with Crippen LogP contribution in [-0.4, -0.2) is 26.9 Å². The number of rotatable bonds is 9. The number of unbranched alkanes of at least 4 members (excludes halogenated alkanes) is 3. The van der Waals surface area contributed by atoms with Gasteiger partial charge in [-0.05, 0) is 56.7 Å². The number of para-hydroxylation sites is 2. The third-order valence-corrected chi connectivity index (χ3v) is 6.47. The van der Waals surface area contributed by atoms with Crippen molar-refractivity contribution in [1.29, 1.82) is 0 Å². The molecular weight excluding hydrogens is 434 g/mol. The lowest BCUT2D eigenvalue weighted by Crippen LogP contribution is -2.38. The van der Waals surface area contributed by atoms with Crippen LogP contribution in [0.2, 0.25) is 0 Å². The molecule has 0 bridgehead atoms. The van der Waals surface area contributed by atoms with Crippen molar-refractivity contribution in [2.75, 3.05) is 6.54 Å². The zero-order valence-electron chi connectivity index (χ0n) is 20.8. The molecule has 4 rings (SSSR count). The number of hydrogen-bond donors (Lipinski definition) is 0. The van der Waals surface area contributed by atoms with Gasteiger partial charge in [0.05, 0.1) is 22.6 Å². The summed E-state index contributed by atoms with van der Waals surface area (Å²) in [6.07, 6.45) is 4.21. The van der Waals surface area contributed by atoms with E-state index in [0.29, 0.717) is 28.8 Å². The summed E-state index contributed by atoms with van der Waals surface area (Å²) in [6, 6.07) is 24.2. The van der Waals surface area contributed by atoms with E-state index < -0.39 is 6.04 Å². The zero-order valence-corrected chi connectivity index (χ0v) is 20.8. The fraction of sp³-hybridized carbons (Fsp3) is 0.300. The van der Waals surface area contributed by atoms with Crippen LogP contribution in [0.5, 0.6) is 0 Å². The van der Waals surface area contributed by atoms with Crippen molar-refractivity contribution in [2.45, 2.75) is 52.5 Å². The van der Waals surface area contributed by atoms with E-state index in [1.54, 1.807) is 10.6 Å². The quantitative estimate of drug-likeness (QED) is 0.265. The van der Waals surface area contributed by atoms with Gasteiger partial charge in [-0.2, -0.15) is 0 Å². The molecule has 0 saturated carbocycles. The van der Waals surface area contributed by atoms with E-state index in [2.05, 4.69) is 6.92 Å². The molecule has 0 saturated heterocycles. The number of hydrogen-bond acceptors (Lipinski definition) is 3. The van der Waals surface area contributed by atoms with E-state index in [0.717, 1.165) is 36.9 Å². The molecule has 1 amide bonds. The van der Waals surface area contributed by atoms with Crippen LogP contribution >= 0.6 is 0 Å². The van der Waals surface area contributed by atoms with Crippen molar-refractivity contribution in [1.82, 2.24) is 14.5 Å². The van der Waals surface area contributed by atoms with Crippen LogP contribution < -0.4 is 5.56 Å². The Morgan fingerprint density at radius 2 is 1.60 bits per heavy atom. The number of amides is 1. The van der Waals surface area contributed by atoms with Crippen LogP contribution in [0.3, 0.4) is 0 Å². The fourth-order valence-corrected chi connectivity index (χ4v) is 4.44. The van der Waals surface area contributed by atoms with E-state index in [9.17, 15) is 9.59 Å². The number of carbonyl (C=O) groups is 1. The molecule has 0 radical (unpaired) electrons. The number of aromatic nitrogens is 2. The van der Waals surface area contributed by atoms with Gasteiger partial charge in [0.2, 0.25) is 0 Å². The largest absolute Gasteiger partial charge is 0.329 e. The van der Waals surface area contributed by atoms with Gasteiger partial charge >= 0.3 is 0 Å². The van der Waals surface area contributed by atoms with E-state index >= 15 is 0 Å². The molecule has 1 unspecified atom stereocenters. The van der Waals surface area contributed by atoms with Gasteiger partial charge in [-0.25, -0.2) is 4.98 Å². The Hall–Kier alpha value is -3.73. The summed E-state index contributed by atoms with van der Waals surface area (Å²) in [6.45, 7) is 6.76. The standard InChI is InChI=1S/C30H33N3O2/c1-4-5-6-12-21-32(29(34)24-19-17-22(2)18-20-24)23(3)28-31-27-16-11-10-15-26(27)30(35)33(28)25-13-8-7-9-14-25/h7-11,13-20,23H,4-6,12,21H2,1-3H3.